The van der Waals surface area contributed by atoms with Crippen molar-refractivity contribution in [3.8, 4) is 6.07 Å². The van der Waals surface area contributed by atoms with Crippen LogP contribution in [0.3, 0.4) is 0 Å². The third-order valence-corrected chi connectivity index (χ3v) is 5.25. The molecular weight excluding hydrogens is 318 g/mol. The molecule has 1 aliphatic heterocycles. The van der Waals surface area contributed by atoms with Crippen molar-refractivity contribution < 1.29 is 0 Å². The van der Waals surface area contributed by atoms with Gasteiger partial charge in [0, 0.05) is 56.2 Å². The Kier molecular flexibility index (Phi) is 4.20. The first kappa shape index (κ1) is 15.2. The van der Waals surface area contributed by atoms with Gasteiger partial charge in [-0.3, -0.25) is 9.30 Å². The van der Waals surface area contributed by atoms with Crippen molar-refractivity contribution in [2.75, 3.05) is 31.1 Å². The predicted molar refractivity (Wildman–Crippen MR) is 96.3 cm³/mol. The van der Waals surface area contributed by atoms with Crippen LogP contribution in [0.1, 0.15) is 17.7 Å². The Balaban J connectivity index is 1.40. The topological polar surface area (TPSA) is 47.6 Å². The van der Waals surface area contributed by atoms with Gasteiger partial charge in [-0.15, -0.1) is 11.3 Å². The third-order valence-electron chi connectivity index (χ3n) is 4.48. The van der Waals surface area contributed by atoms with E-state index in [-0.39, 0.29) is 0 Å². The van der Waals surface area contributed by atoms with Gasteiger partial charge in [0.05, 0.1) is 17.3 Å². The van der Waals surface area contributed by atoms with Crippen LogP contribution in [0.5, 0.6) is 0 Å². The van der Waals surface area contributed by atoms with Crippen molar-refractivity contribution in [1.82, 2.24) is 14.3 Å². The van der Waals surface area contributed by atoms with E-state index in [1.165, 1.54) is 5.69 Å². The number of hydrogen-bond acceptors (Lipinski definition) is 5. The molecule has 24 heavy (non-hydrogen) atoms. The van der Waals surface area contributed by atoms with Gasteiger partial charge in [0.25, 0.3) is 0 Å². The minimum absolute atomic E-state index is 0.718. The molecule has 0 amide bonds. The Morgan fingerprint density at radius 2 is 2.00 bits per heavy atom. The lowest BCUT2D eigenvalue weighted by molar-refractivity contribution is 0.282. The van der Waals surface area contributed by atoms with Crippen molar-refractivity contribution in [3.05, 3.63) is 53.3 Å². The summed E-state index contributed by atoms with van der Waals surface area (Å²) in [7, 11) is 0. The molecule has 0 unspecified atom stereocenters. The van der Waals surface area contributed by atoms with Crippen LogP contribution in [0.15, 0.2) is 42.0 Å². The van der Waals surface area contributed by atoms with E-state index in [9.17, 15) is 0 Å². The molecule has 0 bridgehead atoms. The standard InChI is InChI=1S/C18H19N5S/c19-12-15-2-4-17(5-3-15)22-7-1-6-21(8-9-22)13-16-14-23-10-11-24-18(23)20-16/h2-5,10-11,14H,1,6-9,13H2. The van der Waals surface area contributed by atoms with E-state index in [1.807, 2.05) is 12.1 Å². The van der Waals surface area contributed by atoms with Gasteiger partial charge in [0.15, 0.2) is 4.96 Å². The molecule has 0 spiro atoms. The highest BCUT2D eigenvalue weighted by molar-refractivity contribution is 7.15. The number of aromatic nitrogens is 2. The maximum absolute atomic E-state index is 8.92. The Morgan fingerprint density at radius 3 is 2.79 bits per heavy atom. The SMILES string of the molecule is N#Cc1ccc(N2CCCN(Cc3cn4ccsc4n3)CC2)cc1. The predicted octanol–water partition coefficient (Wildman–Crippen LogP) is 2.98. The molecule has 3 aromatic rings. The van der Waals surface area contributed by atoms with Gasteiger partial charge in [0.1, 0.15) is 0 Å². The highest BCUT2D eigenvalue weighted by Crippen LogP contribution is 2.18. The molecule has 0 aliphatic carbocycles. The molecule has 5 nitrogen and oxygen atoms in total. The van der Waals surface area contributed by atoms with Crippen LogP contribution in [0.25, 0.3) is 4.96 Å². The van der Waals surface area contributed by atoms with Crippen molar-refractivity contribution >= 4 is 22.0 Å². The smallest absolute Gasteiger partial charge is 0.193 e. The first-order valence-electron chi connectivity index (χ1n) is 8.20. The lowest BCUT2D eigenvalue weighted by Crippen LogP contribution is -2.30. The summed E-state index contributed by atoms with van der Waals surface area (Å²) in [5, 5.41) is 11.0. The maximum Gasteiger partial charge on any atom is 0.193 e. The van der Waals surface area contributed by atoms with Crippen LogP contribution in [-0.2, 0) is 6.54 Å². The first-order chi connectivity index (χ1) is 11.8. The van der Waals surface area contributed by atoms with E-state index < -0.39 is 0 Å². The highest BCUT2D eigenvalue weighted by Gasteiger charge is 2.16. The van der Waals surface area contributed by atoms with Gasteiger partial charge in [-0.2, -0.15) is 5.26 Å². The highest BCUT2D eigenvalue weighted by atomic mass is 32.1. The average molecular weight is 337 g/mol. The number of nitriles is 1. The van der Waals surface area contributed by atoms with E-state index in [0.717, 1.165) is 55.4 Å². The largest absolute Gasteiger partial charge is 0.370 e. The van der Waals surface area contributed by atoms with Gasteiger partial charge in [-0.1, -0.05) is 0 Å². The number of thiazole rings is 1. The van der Waals surface area contributed by atoms with Crippen LogP contribution in [0, 0.1) is 11.3 Å². The van der Waals surface area contributed by atoms with E-state index >= 15 is 0 Å². The molecule has 6 heteroatoms. The van der Waals surface area contributed by atoms with Gasteiger partial charge in [0.2, 0.25) is 0 Å². The maximum atomic E-state index is 8.92. The number of nitrogens with zero attached hydrogens (tertiary/aromatic N) is 5. The summed E-state index contributed by atoms with van der Waals surface area (Å²) in [5.74, 6) is 0. The summed E-state index contributed by atoms with van der Waals surface area (Å²) in [6, 6.07) is 10.1. The summed E-state index contributed by atoms with van der Waals surface area (Å²) in [4.78, 5) is 10.6. The fraction of sp³-hybridized carbons (Fsp3) is 0.333. The minimum Gasteiger partial charge on any atom is -0.370 e. The summed E-state index contributed by atoms with van der Waals surface area (Å²) in [6.07, 6.45) is 5.34. The van der Waals surface area contributed by atoms with E-state index in [0.29, 0.717) is 0 Å². The quantitative estimate of drug-likeness (QED) is 0.737. The monoisotopic (exact) mass is 337 g/mol. The summed E-state index contributed by atoms with van der Waals surface area (Å²) in [5.41, 5.74) is 3.07. The van der Waals surface area contributed by atoms with Crippen LogP contribution >= 0.6 is 11.3 Å². The number of anilines is 1. The number of imidazole rings is 1. The molecule has 0 N–H and O–H groups in total. The van der Waals surface area contributed by atoms with Gasteiger partial charge in [-0.05, 0) is 30.7 Å². The van der Waals surface area contributed by atoms with Crippen molar-refractivity contribution in [1.29, 1.82) is 5.26 Å². The zero-order valence-electron chi connectivity index (χ0n) is 13.4. The molecule has 2 aromatic heterocycles. The Hall–Kier alpha value is -2.36. The van der Waals surface area contributed by atoms with Crippen LogP contribution in [0.4, 0.5) is 5.69 Å². The fourth-order valence-electron chi connectivity index (χ4n) is 3.22. The number of fused-ring (bicyclic) bond motifs is 1. The molecule has 1 fully saturated rings. The molecular formula is C18H19N5S. The normalized spacial score (nSPS) is 16.2. The molecule has 0 radical (unpaired) electrons. The molecule has 0 saturated carbocycles. The van der Waals surface area contributed by atoms with Crippen molar-refractivity contribution in [2.45, 2.75) is 13.0 Å². The molecule has 4 rings (SSSR count). The lowest BCUT2D eigenvalue weighted by atomic mass is 10.2. The van der Waals surface area contributed by atoms with E-state index in [2.05, 4.69) is 55.2 Å². The molecule has 1 aromatic carbocycles. The average Bonchev–Trinajstić information content (AvgIpc) is 3.10. The van der Waals surface area contributed by atoms with Gasteiger partial charge < -0.3 is 4.90 Å². The second-order valence-corrected chi connectivity index (χ2v) is 6.97. The van der Waals surface area contributed by atoms with Crippen molar-refractivity contribution in [2.24, 2.45) is 0 Å². The zero-order valence-corrected chi connectivity index (χ0v) is 14.2. The second-order valence-electron chi connectivity index (χ2n) is 6.10. The zero-order chi connectivity index (χ0) is 16.4. The van der Waals surface area contributed by atoms with E-state index in [4.69, 9.17) is 5.26 Å². The molecule has 122 valence electrons. The summed E-state index contributed by atoms with van der Waals surface area (Å²) < 4.78 is 2.10. The molecule has 1 saturated heterocycles. The number of rotatable bonds is 3. The Bertz CT molecular complexity index is 829. The van der Waals surface area contributed by atoms with Gasteiger partial charge >= 0.3 is 0 Å². The van der Waals surface area contributed by atoms with Gasteiger partial charge in [-0.25, -0.2) is 4.98 Å². The number of hydrogen-bond donors (Lipinski definition) is 0. The Labute approximate surface area is 145 Å². The van der Waals surface area contributed by atoms with Crippen LogP contribution < -0.4 is 4.90 Å². The fourth-order valence-corrected chi connectivity index (χ4v) is 3.93. The Morgan fingerprint density at radius 1 is 1.12 bits per heavy atom. The number of benzene rings is 1. The van der Waals surface area contributed by atoms with E-state index in [1.54, 1.807) is 11.3 Å². The molecule has 0 atom stereocenters. The molecule has 3 heterocycles. The summed E-state index contributed by atoms with van der Waals surface area (Å²) >= 11 is 1.68. The minimum atomic E-state index is 0.718. The second kappa shape index (κ2) is 6.63. The summed E-state index contributed by atoms with van der Waals surface area (Å²) in [6.45, 7) is 5.10. The van der Waals surface area contributed by atoms with Crippen molar-refractivity contribution in [3.63, 3.8) is 0 Å². The lowest BCUT2D eigenvalue weighted by Gasteiger charge is -2.23. The third kappa shape index (κ3) is 3.14. The van der Waals surface area contributed by atoms with Crippen LogP contribution in [-0.4, -0.2) is 40.5 Å². The van der Waals surface area contributed by atoms with Crippen LogP contribution in [0.2, 0.25) is 0 Å². The molecule has 1 aliphatic rings. The first-order valence-corrected chi connectivity index (χ1v) is 9.08.